The first kappa shape index (κ1) is 15.6. The summed E-state index contributed by atoms with van der Waals surface area (Å²) >= 11 is 0. The van der Waals surface area contributed by atoms with Crippen LogP contribution in [0.4, 0.5) is 4.39 Å². The number of amides is 1. The molecule has 1 amide bonds. The topological polar surface area (TPSA) is 64.8 Å². The van der Waals surface area contributed by atoms with Crippen LogP contribution in [0.1, 0.15) is 34.8 Å². The van der Waals surface area contributed by atoms with Crippen LogP contribution in [0.25, 0.3) is 11.4 Å². The number of likely N-dealkylation sites (tertiary alicyclic amines) is 1. The molecule has 0 unspecified atom stereocenters. The van der Waals surface area contributed by atoms with Gasteiger partial charge in [-0.15, -0.1) is 0 Å². The fourth-order valence-electron chi connectivity index (χ4n) is 3.36. The maximum Gasteiger partial charge on any atom is 0.253 e. The molecule has 2 N–H and O–H groups in total. The molecule has 4 rings (SSSR count). The third-order valence-electron chi connectivity index (χ3n) is 4.71. The van der Waals surface area contributed by atoms with Crippen LogP contribution in [-0.2, 0) is 0 Å². The standard InChI is InChI=1S/C19H19FN4O/c20-15-7-5-13(6-8-15)19(25)24-10-2-3-14(12-24)17-11-18(23-22-17)16-4-1-9-21-16/h1,4-9,11,14,21H,2-3,10,12H2,(H,22,23)/t14-/m1/s1. The summed E-state index contributed by atoms with van der Waals surface area (Å²) in [4.78, 5) is 17.6. The molecular weight excluding hydrogens is 319 g/mol. The lowest BCUT2D eigenvalue weighted by Crippen LogP contribution is -2.39. The van der Waals surface area contributed by atoms with Crippen molar-refractivity contribution in [3.8, 4) is 11.4 Å². The van der Waals surface area contributed by atoms with Gasteiger partial charge in [-0.3, -0.25) is 9.89 Å². The number of rotatable bonds is 3. The molecule has 1 aliphatic heterocycles. The molecule has 0 bridgehead atoms. The van der Waals surface area contributed by atoms with Crippen LogP contribution in [0.15, 0.2) is 48.7 Å². The van der Waals surface area contributed by atoms with E-state index in [9.17, 15) is 9.18 Å². The molecule has 0 saturated carbocycles. The Morgan fingerprint density at radius 3 is 2.84 bits per heavy atom. The number of nitrogens with one attached hydrogen (secondary N) is 2. The number of piperidine rings is 1. The molecule has 0 spiro atoms. The van der Waals surface area contributed by atoms with E-state index in [1.54, 1.807) is 12.1 Å². The Labute approximate surface area is 144 Å². The number of carbonyl (C=O) groups excluding carboxylic acids is 1. The van der Waals surface area contributed by atoms with Gasteiger partial charge < -0.3 is 9.88 Å². The zero-order chi connectivity index (χ0) is 17.2. The maximum absolute atomic E-state index is 13.1. The minimum atomic E-state index is -0.331. The first-order valence-electron chi connectivity index (χ1n) is 8.44. The lowest BCUT2D eigenvalue weighted by Gasteiger charge is -2.32. The highest BCUT2D eigenvalue weighted by Gasteiger charge is 2.26. The first-order chi connectivity index (χ1) is 12.2. The molecule has 0 aliphatic carbocycles. The van der Waals surface area contributed by atoms with Gasteiger partial charge in [0.05, 0.1) is 5.69 Å². The molecule has 6 heteroatoms. The normalized spacial score (nSPS) is 17.6. The van der Waals surface area contributed by atoms with E-state index in [1.807, 2.05) is 29.3 Å². The predicted molar refractivity (Wildman–Crippen MR) is 92.7 cm³/mol. The molecule has 2 aromatic heterocycles. The molecule has 0 radical (unpaired) electrons. The van der Waals surface area contributed by atoms with Crippen molar-refractivity contribution in [2.24, 2.45) is 0 Å². The van der Waals surface area contributed by atoms with Crippen molar-refractivity contribution < 1.29 is 9.18 Å². The fraction of sp³-hybridized carbons (Fsp3) is 0.263. The summed E-state index contributed by atoms with van der Waals surface area (Å²) in [6, 6.07) is 11.7. The van der Waals surface area contributed by atoms with E-state index in [1.165, 1.54) is 12.1 Å². The molecule has 5 nitrogen and oxygen atoms in total. The SMILES string of the molecule is O=C(c1ccc(F)cc1)N1CCC[C@@H](c2cc(-c3ccc[nH]3)n[nH]2)C1. The molecule has 25 heavy (non-hydrogen) atoms. The third kappa shape index (κ3) is 3.20. The van der Waals surface area contributed by atoms with Crippen LogP contribution in [0.3, 0.4) is 0 Å². The highest BCUT2D eigenvalue weighted by molar-refractivity contribution is 5.94. The van der Waals surface area contributed by atoms with Crippen molar-refractivity contribution in [2.45, 2.75) is 18.8 Å². The molecule has 128 valence electrons. The van der Waals surface area contributed by atoms with Gasteiger partial charge in [0.2, 0.25) is 0 Å². The van der Waals surface area contributed by atoms with Crippen LogP contribution in [-0.4, -0.2) is 39.1 Å². The third-order valence-corrected chi connectivity index (χ3v) is 4.71. The van der Waals surface area contributed by atoms with Gasteiger partial charge in [-0.2, -0.15) is 5.10 Å². The Morgan fingerprint density at radius 1 is 1.24 bits per heavy atom. The minimum absolute atomic E-state index is 0.0474. The van der Waals surface area contributed by atoms with Crippen molar-refractivity contribution >= 4 is 5.91 Å². The number of hydrogen-bond donors (Lipinski definition) is 2. The van der Waals surface area contributed by atoms with Crippen molar-refractivity contribution in [3.05, 3.63) is 65.7 Å². The summed E-state index contributed by atoms with van der Waals surface area (Å²) in [6.45, 7) is 1.37. The minimum Gasteiger partial charge on any atom is -0.360 e. The van der Waals surface area contributed by atoms with Gasteiger partial charge in [0.25, 0.3) is 5.91 Å². The van der Waals surface area contributed by atoms with E-state index in [0.29, 0.717) is 12.1 Å². The van der Waals surface area contributed by atoms with E-state index in [-0.39, 0.29) is 17.6 Å². The van der Waals surface area contributed by atoms with Gasteiger partial charge >= 0.3 is 0 Å². The summed E-state index contributed by atoms with van der Waals surface area (Å²) in [6.07, 6.45) is 3.82. The Kier molecular flexibility index (Phi) is 4.09. The van der Waals surface area contributed by atoms with E-state index in [2.05, 4.69) is 15.2 Å². The highest BCUT2D eigenvalue weighted by atomic mass is 19.1. The second-order valence-electron chi connectivity index (χ2n) is 6.39. The van der Waals surface area contributed by atoms with Gasteiger partial charge in [0.15, 0.2) is 0 Å². The first-order valence-corrected chi connectivity index (χ1v) is 8.44. The van der Waals surface area contributed by atoms with E-state index in [0.717, 1.165) is 36.5 Å². The monoisotopic (exact) mass is 338 g/mol. The van der Waals surface area contributed by atoms with E-state index < -0.39 is 0 Å². The Balaban J connectivity index is 1.49. The Morgan fingerprint density at radius 2 is 2.08 bits per heavy atom. The van der Waals surface area contributed by atoms with Gasteiger partial charge in [-0.1, -0.05) is 0 Å². The van der Waals surface area contributed by atoms with E-state index >= 15 is 0 Å². The summed E-state index contributed by atoms with van der Waals surface area (Å²) < 4.78 is 13.1. The Hall–Kier alpha value is -2.89. The number of aromatic amines is 2. The van der Waals surface area contributed by atoms with Crippen LogP contribution in [0.5, 0.6) is 0 Å². The second-order valence-corrected chi connectivity index (χ2v) is 6.39. The highest BCUT2D eigenvalue weighted by Crippen LogP contribution is 2.28. The van der Waals surface area contributed by atoms with Crippen LogP contribution in [0, 0.1) is 5.82 Å². The van der Waals surface area contributed by atoms with Gasteiger partial charge in [-0.05, 0) is 55.3 Å². The molecule has 1 saturated heterocycles. The fourth-order valence-corrected chi connectivity index (χ4v) is 3.36. The quantitative estimate of drug-likeness (QED) is 0.767. The van der Waals surface area contributed by atoms with Crippen LogP contribution < -0.4 is 0 Å². The zero-order valence-corrected chi connectivity index (χ0v) is 13.7. The number of benzene rings is 1. The molecule has 1 aromatic carbocycles. The lowest BCUT2D eigenvalue weighted by molar-refractivity contribution is 0.0706. The number of hydrogen-bond acceptors (Lipinski definition) is 2. The van der Waals surface area contributed by atoms with Crippen molar-refractivity contribution in [3.63, 3.8) is 0 Å². The summed E-state index contributed by atoms with van der Waals surface area (Å²) in [5.74, 6) is -0.148. The smallest absolute Gasteiger partial charge is 0.253 e. The summed E-state index contributed by atoms with van der Waals surface area (Å²) in [7, 11) is 0. The van der Waals surface area contributed by atoms with E-state index in [4.69, 9.17) is 0 Å². The van der Waals surface area contributed by atoms with Gasteiger partial charge in [0, 0.05) is 36.5 Å². The van der Waals surface area contributed by atoms with Crippen LogP contribution in [0.2, 0.25) is 0 Å². The van der Waals surface area contributed by atoms with Crippen molar-refractivity contribution in [1.29, 1.82) is 0 Å². The number of nitrogens with zero attached hydrogens (tertiary/aromatic N) is 2. The van der Waals surface area contributed by atoms with Crippen molar-refractivity contribution in [1.82, 2.24) is 20.1 Å². The number of aromatic nitrogens is 3. The van der Waals surface area contributed by atoms with Crippen LogP contribution >= 0.6 is 0 Å². The lowest BCUT2D eigenvalue weighted by atomic mass is 9.94. The number of carbonyl (C=O) groups is 1. The Bertz CT molecular complexity index is 854. The second kappa shape index (κ2) is 6.55. The zero-order valence-electron chi connectivity index (χ0n) is 13.7. The molecule has 1 aliphatic rings. The van der Waals surface area contributed by atoms with Gasteiger partial charge in [0.1, 0.15) is 11.5 Å². The van der Waals surface area contributed by atoms with Gasteiger partial charge in [-0.25, -0.2) is 4.39 Å². The average Bonchev–Trinajstić information content (AvgIpc) is 3.33. The predicted octanol–water partition coefficient (Wildman–Crippen LogP) is 3.56. The maximum atomic E-state index is 13.1. The molecule has 1 fully saturated rings. The number of H-pyrrole nitrogens is 2. The molecule has 3 aromatic rings. The summed E-state index contributed by atoms with van der Waals surface area (Å²) in [5, 5.41) is 7.48. The molecule has 3 heterocycles. The largest absolute Gasteiger partial charge is 0.360 e. The molecular formula is C19H19FN4O. The number of halogens is 1. The van der Waals surface area contributed by atoms with Crippen molar-refractivity contribution in [2.75, 3.05) is 13.1 Å². The molecule has 1 atom stereocenters. The summed E-state index contributed by atoms with van der Waals surface area (Å²) in [5.41, 5.74) is 3.42. The average molecular weight is 338 g/mol.